The number of hydrogen-bond acceptors (Lipinski definition) is 5. The van der Waals surface area contributed by atoms with E-state index in [9.17, 15) is 0 Å². The van der Waals surface area contributed by atoms with Gasteiger partial charge < -0.3 is 10.7 Å². The molecule has 0 radical (unpaired) electrons. The molecule has 96 valence electrons. The van der Waals surface area contributed by atoms with Crippen molar-refractivity contribution in [2.75, 3.05) is 13.1 Å². The molecule has 0 aliphatic carbocycles. The van der Waals surface area contributed by atoms with Crippen LogP contribution in [-0.4, -0.2) is 41.0 Å². The van der Waals surface area contributed by atoms with Crippen LogP contribution < -0.4 is 5.32 Å². The van der Waals surface area contributed by atoms with E-state index in [0.29, 0.717) is 11.4 Å². The van der Waals surface area contributed by atoms with Gasteiger partial charge in [-0.05, 0) is 28.1 Å². The lowest BCUT2D eigenvalue weighted by Crippen LogP contribution is -2.46. The summed E-state index contributed by atoms with van der Waals surface area (Å²) in [6.07, 6.45) is 2.91. The van der Waals surface area contributed by atoms with Gasteiger partial charge >= 0.3 is 0 Å². The second-order valence-corrected chi connectivity index (χ2v) is 5.19. The van der Waals surface area contributed by atoms with Gasteiger partial charge in [0.15, 0.2) is 0 Å². The summed E-state index contributed by atoms with van der Waals surface area (Å²) >= 11 is 3.47. The van der Waals surface area contributed by atoms with Crippen molar-refractivity contribution in [3.8, 4) is 0 Å². The van der Waals surface area contributed by atoms with Gasteiger partial charge in [0, 0.05) is 23.8 Å². The smallest absolute Gasteiger partial charge is 0.109 e. The summed E-state index contributed by atoms with van der Waals surface area (Å²) in [4.78, 5) is 13.4. The Morgan fingerprint density at radius 1 is 1.47 bits per heavy atom. The minimum atomic E-state index is 0.244. The van der Waals surface area contributed by atoms with Crippen LogP contribution in [0.1, 0.15) is 5.69 Å². The minimum absolute atomic E-state index is 0.244. The van der Waals surface area contributed by atoms with Crippen LogP contribution in [0.5, 0.6) is 0 Å². The monoisotopic (exact) mass is 317 g/mol. The van der Waals surface area contributed by atoms with E-state index in [-0.39, 0.29) is 6.04 Å². The van der Waals surface area contributed by atoms with Gasteiger partial charge in [-0.2, -0.15) is 0 Å². The van der Waals surface area contributed by atoms with Gasteiger partial charge in [0.1, 0.15) is 16.9 Å². The molecule has 1 aliphatic heterocycles. The fourth-order valence-electron chi connectivity index (χ4n) is 1.86. The van der Waals surface area contributed by atoms with Gasteiger partial charge in [0.25, 0.3) is 0 Å². The van der Waals surface area contributed by atoms with Gasteiger partial charge in [-0.25, -0.2) is 4.98 Å². The fourth-order valence-corrected chi connectivity index (χ4v) is 2.31. The summed E-state index contributed by atoms with van der Waals surface area (Å²) in [5, 5.41) is 10.7. The number of halogens is 1. The Labute approximate surface area is 118 Å². The summed E-state index contributed by atoms with van der Waals surface area (Å²) in [7, 11) is 0. The second kappa shape index (κ2) is 5.14. The Balaban J connectivity index is 2.06. The topological polar surface area (TPSA) is 74.0 Å². The SMILES string of the molecule is N=CC(=NC1CNC1)c1cnc2cccc(Br)c2n1. The van der Waals surface area contributed by atoms with Crippen LogP contribution in [0.2, 0.25) is 0 Å². The Hall–Kier alpha value is -1.66. The Morgan fingerprint density at radius 2 is 2.32 bits per heavy atom. The van der Waals surface area contributed by atoms with E-state index in [0.717, 1.165) is 28.6 Å². The number of aromatic nitrogens is 2. The summed E-state index contributed by atoms with van der Waals surface area (Å²) in [6, 6.07) is 6.01. The molecule has 1 saturated heterocycles. The number of para-hydroxylation sites is 1. The van der Waals surface area contributed by atoms with Crippen LogP contribution >= 0.6 is 15.9 Å². The number of hydrogen-bond donors (Lipinski definition) is 2. The highest BCUT2D eigenvalue weighted by atomic mass is 79.9. The predicted octanol–water partition coefficient (Wildman–Crippen LogP) is 1.80. The summed E-state index contributed by atoms with van der Waals surface area (Å²) in [5.41, 5.74) is 2.84. The third-order valence-electron chi connectivity index (χ3n) is 3.00. The molecule has 2 heterocycles. The molecule has 0 spiro atoms. The molecular weight excluding hydrogens is 306 g/mol. The van der Waals surface area contributed by atoms with Gasteiger partial charge in [-0.15, -0.1) is 0 Å². The van der Waals surface area contributed by atoms with Gasteiger partial charge in [0.2, 0.25) is 0 Å². The number of benzene rings is 1. The quantitative estimate of drug-likeness (QED) is 0.848. The third kappa shape index (κ3) is 2.41. The van der Waals surface area contributed by atoms with Gasteiger partial charge in [0.05, 0.1) is 17.8 Å². The molecule has 2 N–H and O–H groups in total. The predicted molar refractivity (Wildman–Crippen MR) is 79.2 cm³/mol. The molecule has 1 aromatic carbocycles. The van der Waals surface area contributed by atoms with Crippen molar-refractivity contribution in [3.05, 3.63) is 34.6 Å². The molecule has 0 bridgehead atoms. The molecule has 6 heteroatoms. The van der Waals surface area contributed by atoms with Crippen LogP contribution in [0.25, 0.3) is 11.0 Å². The van der Waals surface area contributed by atoms with Crippen molar-refractivity contribution in [2.45, 2.75) is 6.04 Å². The maximum absolute atomic E-state index is 7.50. The van der Waals surface area contributed by atoms with Crippen molar-refractivity contribution in [2.24, 2.45) is 4.99 Å². The van der Waals surface area contributed by atoms with E-state index >= 15 is 0 Å². The van der Waals surface area contributed by atoms with Crippen molar-refractivity contribution < 1.29 is 0 Å². The maximum atomic E-state index is 7.50. The van der Waals surface area contributed by atoms with E-state index in [1.165, 1.54) is 6.21 Å². The molecule has 19 heavy (non-hydrogen) atoms. The first-order chi connectivity index (χ1) is 9.28. The Kier molecular flexibility index (Phi) is 3.35. The number of aliphatic imine (C=N–C) groups is 1. The maximum Gasteiger partial charge on any atom is 0.109 e. The van der Waals surface area contributed by atoms with E-state index in [4.69, 9.17) is 5.41 Å². The van der Waals surface area contributed by atoms with Crippen LogP contribution in [0, 0.1) is 5.41 Å². The van der Waals surface area contributed by atoms with E-state index in [1.54, 1.807) is 6.20 Å². The highest BCUT2D eigenvalue weighted by molar-refractivity contribution is 9.10. The highest BCUT2D eigenvalue weighted by Gasteiger charge is 2.17. The van der Waals surface area contributed by atoms with E-state index < -0.39 is 0 Å². The average molecular weight is 318 g/mol. The third-order valence-corrected chi connectivity index (χ3v) is 3.64. The zero-order valence-corrected chi connectivity index (χ0v) is 11.7. The molecule has 0 amide bonds. The molecule has 3 rings (SSSR count). The van der Waals surface area contributed by atoms with Crippen LogP contribution in [-0.2, 0) is 0 Å². The van der Waals surface area contributed by atoms with E-state index in [2.05, 4.69) is 36.2 Å². The average Bonchev–Trinajstić information content (AvgIpc) is 2.38. The molecule has 1 aliphatic rings. The summed E-state index contributed by atoms with van der Waals surface area (Å²) in [6.45, 7) is 1.73. The molecule has 1 aromatic heterocycles. The van der Waals surface area contributed by atoms with Crippen LogP contribution in [0.4, 0.5) is 0 Å². The lowest BCUT2D eigenvalue weighted by atomic mass is 10.2. The van der Waals surface area contributed by atoms with Crippen molar-refractivity contribution in [1.29, 1.82) is 5.41 Å². The minimum Gasteiger partial charge on any atom is -0.312 e. The molecule has 0 atom stereocenters. The van der Waals surface area contributed by atoms with Crippen LogP contribution in [0.3, 0.4) is 0 Å². The number of nitrogens with one attached hydrogen (secondary N) is 2. The second-order valence-electron chi connectivity index (χ2n) is 4.33. The fraction of sp³-hybridized carbons (Fsp3) is 0.231. The number of fused-ring (bicyclic) bond motifs is 1. The number of rotatable bonds is 3. The summed E-state index contributed by atoms with van der Waals surface area (Å²) < 4.78 is 0.897. The molecule has 0 unspecified atom stereocenters. The van der Waals surface area contributed by atoms with Crippen molar-refractivity contribution >= 4 is 38.9 Å². The first-order valence-electron chi connectivity index (χ1n) is 5.98. The molecule has 0 saturated carbocycles. The first-order valence-corrected chi connectivity index (χ1v) is 6.78. The molecule has 2 aromatic rings. The molecule has 5 nitrogen and oxygen atoms in total. The Bertz CT molecular complexity index is 663. The van der Waals surface area contributed by atoms with E-state index in [1.807, 2.05) is 18.2 Å². The zero-order valence-electron chi connectivity index (χ0n) is 10.1. The lowest BCUT2D eigenvalue weighted by Gasteiger charge is -2.23. The number of nitrogens with zero attached hydrogens (tertiary/aromatic N) is 3. The lowest BCUT2D eigenvalue weighted by molar-refractivity contribution is 0.448. The molecular formula is C13H12BrN5. The summed E-state index contributed by atoms with van der Waals surface area (Å²) in [5.74, 6) is 0. The zero-order chi connectivity index (χ0) is 13.2. The normalized spacial score (nSPS) is 16.4. The highest BCUT2D eigenvalue weighted by Crippen LogP contribution is 2.20. The standard InChI is InChI=1S/C13H12BrN5/c14-9-2-1-3-10-13(9)19-12(7-17-10)11(4-15)18-8-5-16-6-8/h1-4,7-8,15-16H,5-6H2. The molecule has 1 fully saturated rings. The Morgan fingerprint density at radius 3 is 3.00 bits per heavy atom. The van der Waals surface area contributed by atoms with Crippen molar-refractivity contribution in [1.82, 2.24) is 15.3 Å². The van der Waals surface area contributed by atoms with Gasteiger partial charge in [-0.3, -0.25) is 9.98 Å². The van der Waals surface area contributed by atoms with Crippen molar-refractivity contribution in [3.63, 3.8) is 0 Å². The van der Waals surface area contributed by atoms with Crippen LogP contribution in [0.15, 0.2) is 33.9 Å². The first kappa shape index (κ1) is 12.4. The van der Waals surface area contributed by atoms with Gasteiger partial charge in [-0.1, -0.05) is 6.07 Å². The largest absolute Gasteiger partial charge is 0.312 e.